The molecule has 1 aliphatic heterocycles. The first-order valence-corrected chi connectivity index (χ1v) is 8.87. The topological polar surface area (TPSA) is 93.3 Å². The maximum Gasteiger partial charge on any atom is 0.234 e. The Kier molecular flexibility index (Phi) is 3.13. The number of hydrogen-bond donors (Lipinski definition) is 1. The third-order valence-electron chi connectivity index (χ3n) is 6.18. The molecule has 1 N–H and O–H groups in total. The quantitative estimate of drug-likeness (QED) is 0.647. The Bertz CT molecular complexity index is 945. The van der Waals surface area contributed by atoms with E-state index in [1.165, 1.54) is 0 Å². The number of H-pyrrole nitrogens is 1. The fraction of sp³-hybridized carbons (Fsp3) is 0.350. The lowest BCUT2D eigenvalue weighted by Crippen LogP contribution is -2.52. The van der Waals surface area contributed by atoms with Gasteiger partial charge in [-0.05, 0) is 29.9 Å². The van der Waals surface area contributed by atoms with Gasteiger partial charge in [-0.1, -0.05) is 30.4 Å². The number of carboxylic acid groups (broad SMARTS) is 1. The molecule has 0 radical (unpaired) electrons. The minimum absolute atomic E-state index is 0.0476. The Labute approximate surface area is 149 Å². The van der Waals surface area contributed by atoms with E-state index in [0.29, 0.717) is 0 Å². The number of benzene rings is 1. The Morgan fingerprint density at radius 3 is 2.46 bits per heavy atom. The van der Waals surface area contributed by atoms with Gasteiger partial charge in [0.05, 0.1) is 23.8 Å². The lowest BCUT2D eigenvalue weighted by atomic mass is 9.85. The summed E-state index contributed by atoms with van der Waals surface area (Å²) in [6.07, 6.45) is 6.59. The zero-order chi connectivity index (χ0) is 18.0. The second-order valence-electron chi connectivity index (χ2n) is 7.44. The van der Waals surface area contributed by atoms with E-state index < -0.39 is 23.8 Å². The number of rotatable bonds is 4. The third-order valence-corrected chi connectivity index (χ3v) is 6.18. The molecule has 5 atom stereocenters. The number of aromatic nitrogens is 1. The van der Waals surface area contributed by atoms with Crippen LogP contribution in [0.25, 0.3) is 10.9 Å². The molecule has 2 heterocycles. The molecular formula is C20H17N2O4-. The number of hydrogen-bond acceptors (Lipinski definition) is 4. The molecule has 2 fully saturated rings. The molecule has 1 saturated carbocycles. The van der Waals surface area contributed by atoms with Crippen LogP contribution in [0, 0.1) is 23.7 Å². The van der Waals surface area contributed by atoms with Crippen molar-refractivity contribution in [1.29, 1.82) is 0 Å². The Morgan fingerprint density at radius 2 is 1.81 bits per heavy atom. The SMILES string of the molecule is O=C([O-])[C@@H](Cc1c[nH]c2ccccc12)N1C(=O)[C@@H]2[C@H](C1=O)[C@H]1C=C[C@H]2C1. The summed E-state index contributed by atoms with van der Waals surface area (Å²) >= 11 is 0. The van der Waals surface area contributed by atoms with Gasteiger partial charge in [0.15, 0.2) is 0 Å². The molecular weight excluding hydrogens is 332 g/mol. The van der Waals surface area contributed by atoms with Gasteiger partial charge in [0, 0.05) is 23.5 Å². The van der Waals surface area contributed by atoms with Crippen molar-refractivity contribution >= 4 is 28.7 Å². The van der Waals surface area contributed by atoms with Crippen molar-refractivity contribution in [3.8, 4) is 0 Å². The first-order chi connectivity index (χ1) is 12.6. The Hall–Kier alpha value is -2.89. The highest BCUT2D eigenvalue weighted by atomic mass is 16.4. The maximum atomic E-state index is 12.9. The molecule has 6 nitrogen and oxygen atoms in total. The van der Waals surface area contributed by atoms with Crippen LogP contribution in [0.3, 0.4) is 0 Å². The van der Waals surface area contributed by atoms with E-state index in [1.807, 2.05) is 36.4 Å². The Morgan fingerprint density at radius 1 is 1.15 bits per heavy atom. The number of allylic oxidation sites excluding steroid dienone is 2. The summed E-state index contributed by atoms with van der Waals surface area (Å²) in [6, 6.07) is 6.26. The highest BCUT2D eigenvalue weighted by Crippen LogP contribution is 2.52. The summed E-state index contributed by atoms with van der Waals surface area (Å²) in [7, 11) is 0. The number of carbonyl (C=O) groups is 3. The standard InChI is InChI=1S/C20H18N2O4/c23-18-16-10-5-6-11(7-10)17(16)19(24)22(18)15(20(25)26)8-12-9-21-14-4-2-1-3-13(12)14/h1-6,9-11,15-17,21H,7-8H2,(H,25,26)/p-1/t10-,11-,15+,16-,17+/m0/s1. The number of carbonyl (C=O) groups excluding carboxylic acids is 3. The highest BCUT2D eigenvalue weighted by molar-refractivity contribution is 6.08. The lowest BCUT2D eigenvalue weighted by Gasteiger charge is -2.28. The van der Waals surface area contributed by atoms with Crippen molar-refractivity contribution in [2.45, 2.75) is 18.9 Å². The van der Waals surface area contributed by atoms with E-state index in [1.54, 1.807) is 6.20 Å². The van der Waals surface area contributed by atoms with Gasteiger partial charge in [-0.3, -0.25) is 14.5 Å². The third kappa shape index (κ3) is 1.95. The van der Waals surface area contributed by atoms with Crippen molar-refractivity contribution < 1.29 is 19.5 Å². The molecule has 1 saturated heterocycles. The largest absolute Gasteiger partial charge is 0.548 e. The minimum atomic E-state index is -1.39. The number of fused-ring (bicyclic) bond motifs is 6. The van der Waals surface area contributed by atoms with E-state index in [9.17, 15) is 19.5 Å². The van der Waals surface area contributed by atoms with Crippen LogP contribution in [0.1, 0.15) is 12.0 Å². The molecule has 0 spiro atoms. The monoisotopic (exact) mass is 349 g/mol. The van der Waals surface area contributed by atoms with Gasteiger partial charge in [0.25, 0.3) is 0 Å². The normalized spacial score (nSPS) is 30.4. The Balaban J connectivity index is 1.49. The smallest absolute Gasteiger partial charge is 0.234 e. The van der Waals surface area contributed by atoms with Gasteiger partial charge in [-0.2, -0.15) is 0 Å². The molecule has 1 aromatic heterocycles. The van der Waals surface area contributed by atoms with Gasteiger partial charge < -0.3 is 14.9 Å². The first-order valence-electron chi connectivity index (χ1n) is 8.87. The predicted molar refractivity (Wildman–Crippen MR) is 90.4 cm³/mol. The molecule has 1 aromatic carbocycles. The molecule has 132 valence electrons. The summed E-state index contributed by atoms with van der Waals surface area (Å²) in [5.74, 6) is -2.79. The average molecular weight is 349 g/mol. The molecule has 2 aliphatic carbocycles. The van der Waals surface area contributed by atoms with E-state index in [0.717, 1.165) is 27.8 Å². The maximum absolute atomic E-state index is 12.9. The number of imide groups is 1. The highest BCUT2D eigenvalue weighted by Gasteiger charge is 2.60. The van der Waals surface area contributed by atoms with Crippen LogP contribution in [-0.4, -0.2) is 33.7 Å². The summed E-state index contributed by atoms with van der Waals surface area (Å²) in [6.45, 7) is 0. The van der Waals surface area contributed by atoms with Crippen LogP contribution in [-0.2, 0) is 20.8 Å². The minimum Gasteiger partial charge on any atom is -0.548 e. The fourth-order valence-electron chi connectivity index (χ4n) is 5.02. The van der Waals surface area contributed by atoms with E-state index in [4.69, 9.17) is 0 Å². The molecule has 2 amide bonds. The van der Waals surface area contributed by atoms with E-state index in [2.05, 4.69) is 4.98 Å². The average Bonchev–Trinajstić information content (AvgIpc) is 3.37. The zero-order valence-corrected chi connectivity index (χ0v) is 13.9. The van der Waals surface area contributed by atoms with Crippen molar-refractivity contribution in [3.05, 3.63) is 48.2 Å². The predicted octanol–water partition coefficient (Wildman–Crippen LogP) is 0.636. The van der Waals surface area contributed by atoms with Crippen molar-refractivity contribution in [3.63, 3.8) is 0 Å². The van der Waals surface area contributed by atoms with E-state index in [-0.39, 0.29) is 30.1 Å². The second kappa shape index (κ2) is 5.30. The number of para-hydroxylation sites is 1. The summed E-state index contributed by atoms with van der Waals surface area (Å²) in [4.78, 5) is 41.7. The number of nitrogens with one attached hydrogen (secondary N) is 1. The molecule has 2 bridgehead atoms. The van der Waals surface area contributed by atoms with Crippen LogP contribution in [0.5, 0.6) is 0 Å². The summed E-state index contributed by atoms with van der Waals surface area (Å²) < 4.78 is 0. The second-order valence-corrected chi connectivity index (χ2v) is 7.44. The van der Waals surface area contributed by atoms with Crippen LogP contribution >= 0.6 is 0 Å². The molecule has 3 aliphatic rings. The van der Waals surface area contributed by atoms with Crippen molar-refractivity contribution in [2.75, 3.05) is 0 Å². The number of likely N-dealkylation sites (tertiary alicyclic amines) is 1. The summed E-state index contributed by atoms with van der Waals surface area (Å²) in [5.41, 5.74) is 1.64. The van der Waals surface area contributed by atoms with Crippen LogP contribution in [0.2, 0.25) is 0 Å². The van der Waals surface area contributed by atoms with Crippen molar-refractivity contribution in [2.24, 2.45) is 23.7 Å². The number of aliphatic carboxylic acids is 1. The summed E-state index contributed by atoms with van der Waals surface area (Å²) in [5, 5.41) is 12.7. The van der Waals surface area contributed by atoms with Gasteiger partial charge in [0.2, 0.25) is 11.8 Å². The molecule has 5 rings (SSSR count). The van der Waals surface area contributed by atoms with Crippen LogP contribution in [0.15, 0.2) is 42.6 Å². The molecule has 6 heteroatoms. The fourth-order valence-corrected chi connectivity index (χ4v) is 5.02. The van der Waals surface area contributed by atoms with Gasteiger partial charge in [-0.25, -0.2) is 0 Å². The van der Waals surface area contributed by atoms with E-state index >= 15 is 0 Å². The van der Waals surface area contributed by atoms with Crippen LogP contribution in [0.4, 0.5) is 0 Å². The van der Waals surface area contributed by atoms with Crippen molar-refractivity contribution in [1.82, 2.24) is 9.88 Å². The number of nitrogens with zero attached hydrogens (tertiary/aromatic N) is 1. The lowest BCUT2D eigenvalue weighted by molar-refractivity contribution is -0.310. The van der Waals surface area contributed by atoms with Gasteiger partial charge >= 0.3 is 0 Å². The van der Waals surface area contributed by atoms with Crippen LogP contribution < -0.4 is 5.11 Å². The molecule has 0 unspecified atom stereocenters. The van der Waals surface area contributed by atoms with Gasteiger partial charge in [-0.15, -0.1) is 0 Å². The number of carboxylic acids is 1. The molecule has 26 heavy (non-hydrogen) atoms. The van der Waals surface area contributed by atoms with Gasteiger partial charge in [0.1, 0.15) is 0 Å². The zero-order valence-electron chi connectivity index (χ0n) is 13.9. The number of aromatic amines is 1. The molecule has 2 aromatic rings. The number of amides is 2. The first kappa shape index (κ1) is 15.4.